The quantitative estimate of drug-likeness (QED) is 0.766. The van der Waals surface area contributed by atoms with E-state index in [9.17, 15) is 0 Å². The number of methoxy groups -OCH3 is 1. The zero-order valence-electron chi connectivity index (χ0n) is 11.9. The molecule has 1 aromatic carbocycles. The molecule has 19 heavy (non-hydrogen) atoms. The van der Waals surface area contributed by atoms with Crippen molar-refractivity contribution in [3.8, 4) is 0 Å². The summed E-state index contributed by atoms with van der Waals surface area (Å²) < 4.78 is 10.6. The molecule has 3 heteroatoms. The number of hydrogen-bond acceptors (Lipinski definition) is 3. The van der Waals surface area contributed by atoms with Crippen LogP contribution in [0.5, 0.6) is 0 Å². The normalized spacial score (nSPS) is 18.4. The molecule has 1 aliphatic heterocycles. The molecule has 3 nitrogen and oxygen atoms in total. The maximum atomic E-state index is 5.54. The lowest BCUT2D eigenvalue weighted by Crippen LogP contribution is -2.41. The summed E-state index contributed by atoms with van der Waals surface area (Å²) in [7, 11) is 1.75. The zero-order valence-corrected chi connectivity index (χ0v) is 11.9. The topological polar surface area (TPSA) is 30.5 Å². The van der Waals surface area contributed by atoms with E-state index in [0.717, 1.165) is 52.2 Å². The molecular formula is C16H25NO2. The van der Waals surface area contributed by atoms with Crippen LogP contribution in [0.4, 0.5) is 0 Å². The summed E-state index contributed by atoms with van der Waals surface area (Å²) in [5, 5.41) is 3.54. The summed E-state index contributed by atoms with van der Waals surface area (Å²) in [6.07, 6.45) is 3.42. The van der Waals surface area contributed by atoms with Crippen molar-refractivity contribution in [3.63, 3.8) is 0 Å². The van der Waals surface area contributed by atoms with Gasteiger partial charge in [0, 0.05) is 33.4 Å². The van der Waals surface area contributed by atoms with E-state index in [1.165, 1.54) is 5.56 Å². The van der Waals surface area contributed by atoms with Gasteiger partial charge in [-0.2, -0.15) is 0 Å². The Labute approximate surface area is 116 Å². The lowest BCUT2D eigenvalue weighted by atomic mass is 9.75. The fraction of sp³-hybridized carbons (Fsp3) is 0.625. The first-order chi connectivity index (χ1) is 9.35. The third kappa shape index (κ3) is 4.60. The first kappa shape index (κ1) is 14.5. The Morgan fingerprint density at radius 3 is 2.63 bits per heavy atom. The van der Waals surface area contributed by atoms with Gasteiger partial charge in [0.15, 0.2) is 0 Å². The van der Waals surface area contributed by atoms with Crippen LogP contribution in [-0.2, 0) is 15.9 Å². The Morgan fingerprint density at radius 2 is 1.95 bits per heavy atom. The number of ether oxygens (including phenoxy) is 2. The van der Waals surface area contributed by atoms with Crippen LogP contribution >= 0.6 is 0 Å². The summed E-state index contributed by atoms with van der Waals surface area (Å²) in [5.74, 6) is 0. The van der Waals surface area contributed by atoms with Crippen molar-refractivity contribution in [2.75, 3.05) is 40.0 Å². The van der Waals surface area contributed by atoms with Crippen molar-refractivity contribution in [1.82, 2.24) is 5.32 Å². The molecule has 106 valence electrons. The number of rotatable bonds is 7. The Bertz CT molecular complexity index is 347. The van der Waals surface area contributed by atoms with E-state index in [1.54, 1.807) is 7.11 Å². The van der Waals surface area contributed by atoms with Gasteiger partial charge in [0.05, 0.1) is 6.61 Å². The maximum absolute atomic E-state index is 5.54. The molecular weight excluding hydrogens is 238 g/mol. The van der Waals surface area contributed by atoms with Crippen LogP contribution in [0.3, 0.4) is 0 Å². The molecule has 2 rings (SSSR count). The molecule has 1 saturated heterocycles. The minimum atomic E-state index is 0.341. The monoisotopic (exact) mass is 263 g/mol. The van der Waals surface area contributed by atoms with E-state index in [2.05, 4.69) is 35.6 Å². The predicted octanol–water partition coefficient (Wildman–Crippen LogP) is 2.26. The van der Waals surface area contributed by atoms with Crippen molar-refractivity contribution in [3.05, 3.63) is 35.9 Å². The summed E-state index contributed by atoms with van der Waals surface area (Å²) in [6, 6.07) is 10.8. The van der Waals surface area contributed by atoms with E-state index in [1.807, 2.05) is 0 Å². The van der Waals surface area contributed by atoms with Crippen LogP contribution in [0.25, 0.3) is 0 Å². The van der Waals surface area contributed by atoms with Crippen LogP contribution in [0, 0.1) is 5.41 Å². The smallest absolute Gasteiger partial charge is 0.0587 e. The van der Waals surface area contributed by atoms with E-state index in [4.69, 9.17) is 9.47 Å². The fourth-order valence-corrected chi connectivity index (χ4v) is 2.78. The third-order valence-electron chi connectivity index (χ3n) is 3.96. The second-order valence-corrected chi connectivity index (χ2v) is 5.44. The summed E-state index contributed by atoms with van der Waals surface area (Å²) in [6.45, 7) is 4.53. The molecule has 1 aromatic rings. The SMILES string of the molecule is COCCNCC1(Cc2ccccc2)CCOCC1. The summed E-state index contributed by atoms with van der Waals surface area (Å²) in [4.78, 5) is 0. The van der Waals surface area contributed by atoms with Gasteiger partial charge in [-0.05, 0) is 30.2 Å². The Kier molecular flexibility index (Phi) is 5.83. The zero-order chi connectivity index (χ0) is 13.4. The van der Waals surface area contributed by atoms with Gasteiger partial charge < -0.3 is 14.8 Å². The van der Waals surface area contributed by atoms with Gasteiger partial charge in [-0.15, -0.1) is 0 Å². The molecule has 1 heterocycles. The van der Waals surface area contributed by atoms with E-state index in [0.29, 0.717) is 5.41 Å². The predicted molar refractivity (Wildman–Crippen MR) is 77.4 cm³/mol. The second-order valence-electron chi connectivity index (χ2n) is 5.44. The van der Waals surface area contributed by atoms with Crippen LogP contribution in [0.15, 0.2) is 30.3 Å². The molecule has 1 fully saturated rings. The third-order valence-corrected chi connectivity index (χ3v) is 3.96. The Balaban J connectivity index is 1.94. The molecule has 0 saturated carbocycles. The molecule has 0 radical (unpaired) electrons. The minimum absolute atomic E-state index is 0.341. The maximum Gasteiger partial charge on any atom is 0.0587 e. The van der Waals surface area contributed by atoms with Crippen molar-refractivity contribution < 1.29 is 9.47 Å². The van der Waals surface area contributed by atoms with Gasteiger partial charge in [-0.1, -0.05) is 30.3 Å². The van der Waals surface area contributed by atoms with Gasteiger partial charge in [-0.3, -0.25) is 0 Å². The molecule has 0 amide bonds. The first-order valence-electron chi connectivity index (χ1n) is 7.16. The fourth-order valence-electron chi connectivity index (χ4n) is 2.78. The molecule has 0 bridgehead atoms. The number of benzene rings is 1. The van der Waals surface area contributed by atoms with Crippen molar-refractivity contribution in [2.45, 2.75) is 19.3 Å². The van der Waals surface area contributed by atoms with Gasteiger partial charge in [0.25, 0.3) is 0 Å². The molecule has 0 unspecified atom stereocenters. The largest absolute Gasteiger partial charge is 0.383 e. The van der Waals surface area contributed by atoms with Crippen LogP contribution in [0.1, 0.15) is 18.4 Å². The molecule has 0 atom stereocenters. The lowest BCUT2D eigenvalue weighted by Gasteiger charge is -2.37. The molecule has 0 aliphatic carbocycles. The Morgan fingerprint density at radius 1 is 1.21 bits per heavy atom. The van der Waals surface area contributed by atoms with Gasteiger partial charge in [0.2, 0.25) is 0 Å². The molecule has 1 aliphatic rings. The second kappa shape index (κ2) is 7.63. The highest BCUT2D eigenvalue weighted by atomic mass is 16.5. The summed E-state index contributed by atoms with van der Waals surface area (Å²) >= 11 is 0. The van der Waals surface area contributed by atoms with Gasteiger partial charge in [0.1, 0.15) is 0 Å². The summed E-state index contributed by atoms with van der Waals surface area (Å²) in [5.41, 5.74) is 1.77. The van der Waals surface area contributed by atoms with Crippen molar-refractivity contribution >= 4 is 0 Å². The lowest BCUT2D eigenvalue weighted by molar-refractivity contribution is 0.0143. The van der Waals surface area contributed by atoms with E-state index >= 15 is 0 Å². The molecule has 1 N–H and O–H groups in total. The highest BCUT2D eigenvalue weighted by Gasteiger charge is 2.32. The van der Waals surface area contributed by atoms with Crippen LogP contribution < -0.4 is 5.32 Å². The van der Waals surface area contributed by atoms with E-state index < -0.39 is 0 Å². The van der Waals surface area contributed by atoms with Gasteiger partial charge >= 0.3 is 0 Å². The average Bonchev–Trinajstić information content (AvgIpc) is 2.46. The van der Waals surface area contributed by atoms with Crippen LogP contribution in [0.2, 0.25) is 0 Å². The first-order valence-corrected chi connectivity index (χ1v) is 7.16. The Hall–Kier alpha value is -0.900. The highest BCUT2D eigenvalue weighted by molar-refractivity contribution is 5.17. The van der Waals surface area contributed by atoms with Crippen molar-refractivity contribution in [1.29, 1.82) is 0 Å². The number of nitrogens with one attached hydrogen (secondary N) is 1. The minimum Gasteiger partial charge on any atom is -0.383 e. The molecule has 0 aromatic heterocycles. The van der Waals surface area contributed by atoms with Gasteiger partial charge in [-0.25, -0.2) is 0 Å². The van der Waals surface area contributed by atoms with E-state index in [-0.39, 0.29) is 0 Å². The average molecular weight is 263 g/mol. The highest BCUT2D eigenvalue weighted by Crippen LogP contribution is 2.33. The molecule has 0 spiro atoms. The van der Waals surface area contributed by atoms with Crippen LogP contribution in [-0.4, -0.2) is 40.0 Å². The number of hydrogen-bond donors (Lipinski definition) is 1. The standard InChI is InChI=1S/C16H25NO2/c1-18-12-9-17-14-16(7-10-19-11-8-16)13-15-5-3-2-4-6-15/h2-6,17H,7-14H2,1H3. The van der Waals surface area contributed by atoms with Crippen molar-refractivity contribution in [2.24, 2.45) is 5.41 Å².